The second-order valence-corrected chi connectivity index (χ2v) is 9.41. The highest BCUT2D eigenvalue weighted by Crippen LogP contribution is 2.36. The molecule has 1 amide bonds. The lowest BCUT2D eigenvalue weighted by Crippen LogP contribution is -2.44. The van der Waals surface area contributed by atoms with Crippen LogP contribution in [0, 0.1) is 5.41 Å². The van der Waals surface area contributed by atoms with E-state index in [0.29, 0.717) is 42.4 Å². The summed E-state index contributed by atoms with van der Waals surface area (Å²) < 4.78 is 0. The largest absolute Gasteiger partial charge is 0.389 e. The number of hydrogen-bond acceptors (Lipinski definition) is 8. The lowest BCUT2D eigenvalue weighted by Gasteiger charge is -2.39. The molecule has 3 aromatic rings. The van der Waals surface area contributed by atoms with E-state index < -0.39 is 12.0 Å². The molecule has 4 rings (SSSR count). The van der Waals surface area contributed by atoms with Crippen molar-refractivity contribution in [3.05, 3.63) is 52.2 Å². The Morgan fingerprint density at radius 2 is 1.97 bits per heavy atom. The van der Waals surface area contributed by atoms with Crippen LogP contribution >= 0.6 is 22.7 Å². The first-order chi connectivity index (χ1) is 15.0. The van der Waals surface area contributed by atoms with Crippen molar-refractivity contribution in [2.75, 3.05) is 35.2 Å². The number of nitrogens with zero attached hydrogens (tertiary/aromatic N) is 2. The van der Waals surface area contributed by atoms with Gasteiger partial charge in [0, 0.05) is 29.3 Å². The number of ketones is 1. The Morgan fingerprint density at radius 3 is 2.68 bits per heavy atom. The van der Waals surface area contributed by atoms with Gasteiger partial charge in [0.25, 0.3) is 5.91 Å². The number of thiophene rings is 1. The van der Waals surface area contributed by atoms with Gasteiger partial charge in [-0.25, -0.2) is 4.98 Å². The van der Waals surface area contributed by atoms with Crippen molar-refractivity contribution < 1.29 is 14.7 Å². The number of aliphatic hydroxyl groups excluding tert-OH is 1. The third-order valence-electron chi connectivity index (χ3n) is 5.69. The molecule has 0 saturated carbocycles. The number of thiazole rings is 1. The van der Waals surface area contributed by atoms with Gasteiger partial charge in [-0.05, 0) is 36.4 Å². The number of aromatic nitrogens is 1. The zero-order valence-electron chi connectivity index (χ0n) is 17.1. The van der Waals surface area contributed by atoms with Gasteiger partial charge >= 0.3 is 0 Å². The van der Waals surface area contributed by atoms with Crippen molar-refractivity contribution in [2.45, 2.75) is 19.8 Å². The number of piperidine rings is 1. The third kappa shape index (κ3) is 4.79. The Morgan fingerprint density at radius 1 is 1.19 bits per heavy atom. The number of para-hydroxylation sites is 2. The number of anilines is 4. The lowest BCUT2D eigenvalue weighted by molar-refractivity contribution is -0.131. The number of hydrogen-bond donors (Lipinski definition) is 3. The molecule has 0 atom stereocenters. The smallest absolute Gasteiger partial charge is 0.275 e. The number of amides is 1. The van der Waals surface area contributed by atoms with E-state index in [1.54, 1.807) is 16.7 Å². The van der Waals surface area contributed by atoms with Crippen LogP contribution in [0.15, 0.2) is 46.5 Å². The minimum Gasteiger partial charge on any atom is -0.389 e. The van der Waals surface area contributed by atoms with Gasteiger partial charge in [0.05, 0.1) is 17.1 Å². The summed E-state index contributed by atoms with van der Waals surface area (Å²) in [6.07, 6.45) is 1.33. The van der Waals surface area contributed by atoms with E-state index in [2.05, 4.69) is 20.5 Å². The van der Waals surface area contributed by atoms with E-state index in [1.807, 2.05) is 48.0 Å². The Bertz CT molecular complexity index is 1060. The van der Waals surface area contributed by atoms with Crippen LogP contribution in [0.1, 0.15) is 30.3 Å². The van der Waals surface area contributed by atoms with Crippen LogP contribution in [0.5, 0.6) is 0 Å². The molecule has 0 spiro atoms. The molecular weight excluding hydrogens is 432 g/mol. The Labute approximate surface area is 188 Å². The lowest BCUT2D eigenvalue weighted by atomic mass is 9.77. The van der Waals surface area contributed by atoms with Gasteiger partial charge in [0.15, 0.2) is 10.9 Å². The molecule has 7 nitrogen and oxygen atoms in total. The molecule has 1 aliphatic rings. The first-order valence-electron chi connectivity index (χ1n) is 10.0. The van der Waals surface area contributed by atoms with Gasteiger partial charge in [-0.2, -0.15) is 11.3 Å². The number of nitrogens with one attached hydrogen (secondary N) is 2. The molecule has 3 heterocycles. The maximum absolute atomic E-state index is 12.8. The van der Waals surface area contributed by atoms with Crippen LogP contribution in [-0.4, -0.2) is 41.5 Å². The van der Waals surface area contributed by atoms with E-state index in [4.69, 9.17) is 0 Å². The first-order valence-corrected chi connectivity index (χ1v) is 11.8. The van der Waals surface area contributed by atoms with Crippen LogP contribution in [0.3, 0.4) is 0 Å². The average molecular weight is 457 g/mol. The molecule has 2 aromatic heterocycles. The van der Waals surface area contributed by atoms with Gasteiger partial charge in [-0.3, -0.25) is 9.59 Å². The number of benzene rings is 1. The zero-order chi connectivity index (χ0) is 21.8. The van der Waals surface area contributed by atoms with E-state index in [-0.39, 0.29) is 11.7 Å². The normalized spacial score (nSPS) is 15.5. The second kappa shape index (κ2) is 9.17. The highest BCUT2D eigenvalue weighted by atomic mass is 32.1. The molecule has 1 saturated heterocycles. The van der Waals surface area contributed by atoms with Crippen LogP contribution in [0.25, 0.3) is 0 Å². The molecule has 0 radical (unpaired) electrons. The molecule has 9 heteroatoms. The fourth-order valence-corrected chi connectivity index (χ4v) is 4.95. The molecular formula is C22H24N4O3S2. The standard InChI is InChI=1S/C22H24N4O3S2/c1-22(19(28)12-27)7-9-26(10-8-22)18-5-3-2-4-16(18)24-20(29)17-14-31-21(25-17)23-15-6-11-30-13-15/h2-6,11,13-14,27H,7-10,12H2,1H3,(H,23,25)(H,24,29). The SMILES string of the molecule is CC1(C(=O)CO)CCN(c2ccccc2NC(=O)c2csc(Nc3ccsc3)n2)CC1. The number of carbonyl (C=O) groups excluding carboxylic acids is 2. The summed E-state index contributed by atoms with van der Waals surface area (Å²) in [5, 5.41) is 21.8. The number of carbonyl (C=O) groups is 2. The molecule has 0 bridgehead atoms. The molecule has 0 unspecified atom stereocenters. The Hall–Kier alpha value is -2.75. The highest BCUT2D eigenvalue weighted by molar-refractivity contribution is 7.14. The molecule has 0 aliphatic carbocycles. The summed E-state index contributed by atoms with van der Waals surface area (Å²) in [5.41, 5.74) is 2.45. The molecule has 31 heavy (non-hydrogen) atoms. The summed E-state index contributed by atoms with van der Waals surface area (Å²) in [7, 11) is 0. The average Bonchev–Trinajstić information content (AvgIpc) is 3.47. The van der Waals surface area contributed by atoms with Crippen molar-refractivity contribution in [1.29, 1.82) is 0 Å². The monoisotopic (exact) mass is 456 g/mol. The van der Waals surface area contributed by atoms with Crippen molar-refractivity contribution >= 4 is 56.6 Å². The Balaban J connectivity index is 1.44. The Kier molecular flexibility index (Phi) is 6.35. The molecule has 1 aromatic carbocycles. The van der Waals surface area contributed by atoms with Crippen LogP contribution in [-0.2, 0) is 4.79 Å². The van der Waals surface area contributed by atoms with Crippen molar-refractivity contribution in [3.63, 3.8) is 0 Å². The predicted octanol–water partition coefficient (Wildman–Crippen LogP) is 4.37. The van der Waals surface area contributed by atoms with E-state index >= 15 is 0 Å². The minimum atomic E-state index is -0.490. The number of Topliss-reactive ketones (excluding diaryl/α,β-unsaturated/α-hetero) is 1. The van der Waals surface area contributed by atoms with Gasteiger partial charge in [-0.15, -0.1) is 11.3 Å². The van der Waals surface area contributed by atoms with Crippen LogP contribution in [0.4, 0.5) is 22.2 Å². The minimum absolute atomic E-state index is 0.107. The van der Waals surface area contributed by atoms with Crippen LogP contribution < -0.4 is 15.5 Å². The summed E-state index contributed by atoms with van der Waals surface area (Å²) in [6.45, 7) is 2.86. The number of aliphatic hydroxyl groups is 1. The predicted molar refractivity (Wildman–Crippen MR) is 126 cm³/mol. The van der Waals surface area contributed by atoms with Crippen molar-refractivity contribution in [3.8, 4) is 0 Å². The first kappa shape index (κ1) is 21.5. The van der Waals surface area contributed by atoms with E-state index in [9.17, 15) is 14.7 Å². The molecule has 1 aliphatic heterocycles. The summed E-state index contributed by atoms with van der Waals surface area (Å²) in [4.78, 5) is 31.4. The third-order valence-corrected chi connectivity index (χ3v) is 7.13. The maximum Gasteiger partial charge on any atom is 0.275 e. The van der Waals surface area contributed by atoms with Gasteiger partial charge in [-0.1, -0.05) is 19.1 Å². The number of rotatable bonds is 7. The summed E-state index contributed by atoms with van der Waals surface area (Å²) in [6, 6.07) is 9.61. The quantitative estimate of drug-likeness (QED) is 0.489. The van der Waals surface area contributed by atoms with Crippen LogP contribution in [0.2, 0.25) is 0 Å². The maximum atomic E-state index is 12.8. The summed E-state index contributed by atoms with van der Waals surface area (Å²) >= 11 is 2.97. The summed E-state index contributed by atoms with van der Waals surface area (Å²) in [5.74, 6) is -0.372. The highest BCUT2D eigenvalue weighted by Gasteiger charge is 2.36. The fourth-order valence-electron chi connectivity index (χ4n) is 3.65. The molecule has 1 fully saturated rings. The molecule has 162 valence electrons. The van der Waals surface area contributed by atoms with Gasteiger partial charge in [0.2, 0.25) is 0 Å². The second-order valence-electron chi connectivity index (χ2n) is 7.78. The van der Waals surface area contributed by atoms with E-state index in [1.165, 1.54) is 11.3 Å². The van der Waals surface area contributed by atoms with Gasteiger partial charge < -0.3 is 20.6 Å². The van der Waals surface area contributed by atoms with Crippen molar-refractivity contribution in [2.24, 2.45) is 5.41 Å². The molecule has 3 N–H and O–H groups in total. The topological polar surface area (TPSA) is 94.6 Å². The zero-order valence-corrected chi connectivity index (χ0v) is 18.8. The fraction of sp³-hybridized carbons (Fsp3) is 0.318. The van der Waals surface area contributed by atoms with Crippen molar-refractivity contribution in [1.82, 2.24) is 4.98 Å². The van der Waals surface area contributed by atoms with E-state index in [0.717, 1.165) is 11.4 Å². The van der Waals surface area contributed by atoms with Gasteiger partial charge in [0.1, 0.15) is 12.3 Å².